The Labute approximate surface area is 146 Å². The molecule has 0 aromatic rings. The van der Waals surface area contributed by atoms with Crippen LogP contribution in [0.5, 0.6) is 0 Å². The molecule has 2 nitrogen and oxygen atoms in total. The summed E-state index contributed by atoms with van der Waals surface area (Å²) in [6, 6.07) is 0. The van der Waals surface area contributed by atoms with Gasteiger partial charge in [-0.05, 0) is 93.3 Å². The highest BCUT2D eigenvalue weighted by atomic mass is 16.5. The highest BCUT2D eigenvalue weighted by molar-refractivity contribution is 5.35. The molecule has 0 radical (unpaired) electrons. The fourth-order valence-corrected chi connectivity index (χ4v) is 9.04. The molecule has 0 amide bonds. The van der Waals surface area contributed by atoms with E-state index in [0.717, 1.165) is 43.1 Å². The largest absolute Gasteiger partial charge is 0.393 e. The van der Waals surface area contributed by atoms with Crippen LogP contribution in [0, 0.1) is 34.5 Å². The molecule has 24 heavy (non-hydrogen) atoms. The Kier molecular flexibility index (Phi) is 2.77. The molecule has 0 aromatic carbocycles. The molecule has 1 heterocycles. The summed E-state index contributed by atoms with van der Waals surface area (Å²) >= 11 is 0. The molecule has 132 valence electrons. The number of hydrogen-bond acceptors (Lipinski definition) is 2. The molecule has 0 aromatic heterocycles. The Bertz CT molecular complexity index is 611. The lowest BCUT2D eigenvalue weighted by Gasteiger charge is -2.56. The van der Waals surface area contributed by atoms with E-state index in [1.807, 2.05) is 0 Å². The predicted molar refractivity (Wildman–Crippen MR) is 93.4 cm³/mol. The Morgan fingerprint density at radius 1 is 1.08 bits per heavy atom. The topological polar surface area (TPSA) is 29.5 Å². The van der Waals surface area contributed by atoms with Gasteiger partial charge in [0.15, 0.2) is 0 Å². The molecule has 2 heteroatoms. The van der Waals surface area contributed by atoms with Crippen LogP contribution in [0.3, 0.4) is 0 Å². The standard InChI is InChI=1S/C22H32O2/c1-20-9-6-15(23)13-14(20)4-5-16-17(20)7-10-21-18(16)8-11-22(21)19(21)3-2-12-24-22/h4,15-19,23H,2-3,5-13H2,1H3/t15?,16?,17?,18?,19?,20?,21?,22-/m1/s1. The first-order valence-corrected chi connectivity index (χ1v) is 10.6. The minimum Gasteiger partial charge on any atom is -0.393 e. The summed E-state index contributed by atoms with van der Waals surface area (Å²) in [5, 5.41) is 10.1. The van der Waals surface area contributed by atoms with Crippen molar-refractivity contribution in [1.82, 2.24) is 0 Å². The second-order valence-electron chi connectivity index (χ2n) is 10.2. The molecule has 8 atom stereocenters. The summed E-state index contributed by atoms with van der Waals surface area (Å²) in [5.41, 5.74) is 2.91. The summed E-state index contributed by atoms with van der Waals surface area (Å²) in [7, 11) is 0. The van der Waals surface area contributed by atoms with Gasteiger partial charge >= 0.3 is 0 Å². The lowest BCUT2D eigenvalue weighted by molar-refractivity contribution is -0.0435. The van der Waals surface area contributed by atoms with Crippen molar-refractivity contribution in [3.63, 3.8) is 0 Å². The van der Waals surface area contributed by atoms with Crippen LogP contribution in [-0.2, 0) is 4.74 Å². The van der Waals surface area contributed by atoms with Crippen molar-refractivity contribution in [2.75, 3.05) is 6.61 Å². The second kappa shape index (κ2) is 4.49. The van der Waals surface area contributed by atoms with E-state index >= 15 is 0 Å². The van der Waals surface area contributed by atoms with Crippen LogP contribution in [0.2, 0.25) is 0 Å². The Morgan fingerprint density at radius 2 is 1.96 bits per heavy atom. The zero-order valence-electron chi connectivity index (χ0n) is 15.1. The van der Waals surface area contributed by atoms with Crippen molar-refractivity contribution in [3.8, 4) is 0 Å². The first kappa shape index (κ1) is 14.8. The number of rotatable bonds is 0. The fourth-order valence-electron chi connectivity index (χ4n) is 9.04. The molecule has 1 saturated heterocycles. The van der Waals surface area contributed by atoms with Crippen molar-refractivity contribution < 1.29 is 9.84 Å². The van der Waals surface area contributed by atoms with Crippen LogP contribution in [0.25, 0.3) is 0 Å². The minimum absolute atomic E-state index is 0.0785. The number of allylic oxidation sites excluding steroid dienone is 1. The van der Waals surface area contributed by atoms with Gasteiger partial charge in [-0.3, -0.25) is 0 Å². The fraction of sp³-hybridized carbons (Fsp3) is 0.909. The van der Waals surface area contributed by atoms with Crippen molar-refractivity contribution in [2.24, 2.45) is 34.5 Å². The van der Waals surface area contributed by atoms with Gasteiger partial charge in [-0.1, -0.05) is 18.6 Å². The summed E-state index contributed by atoms with van der Waals surface area (Å²) < 4.78 is 6.50. The lowest BCUT2D eigenvalue weighted by Crippen LogP contribution is -2.48. The summed E-state index contributed by atoms with van der Waals surface area (Å²) in [6.07, 6.45) is 15.4. The van der Waals surface area contributed by atoms with E-state index in [1.54, 1.807) is 5.57 Å². The number of aliphatic hydroxyl groups excluding tert-OH is 1. The zero-order chi connectivity index (χ0) is 16.2. The van der Waals surface area contributed by atoms with Crippen molar-refractivity contribution in [2.45, 2.75) is 82.8 Å². The van der Waals surface area contributed by atoms with Crippen LogP contribution in [-0.4, -0.2) is 23.4 Å². The molecule has 1 aliphatic heterocycles. The van der Waals surface area contributed by atoms with Crippen LogP contribution in [0.15, 0.2) is 11.6 Å². The first-order chi connectivity index (χ1) is 11.6. The van der Waals surface area contributed by atoms with Crippen molar-refractivity contribution in [1.29, 1.82) is 0 Å². The summed E-state index contributed by atoms with van der Waals surface area (Å²) in [6.45, 7) is 3.57. The van der Waals surface area contributed by atoms with Crippen molar-refractivity contribution in [3.05, 3.63) is 11.6 Å². The average molecular weight is 328 g/mol. The molecule has 4 saturated carbocycles. The maximum Gasteiger partial charge on any atom is 0.0779 e. The minimum atomic E-state index is -0.0785. The Balaban J connectivity index is 1.37. The van der Waals surface area contributed by atoms with Crippen LogP contribution >= 0.6 is 0 Å². The molecule has 5 aliphatic carbocycles. The third-order valence-electron chi connectivity index (χ3n) is 9.92. The third-order valence-corrected chi connectivity index (χ3v) is 9.92. The van der Waals surface area contributed by atoms with Crippen LogP contribution < -0.4 is 0 Å². The quantitative estimate of drug-likeness (QED) is 0.665. The first-order valence-electron chi connectivity index (χ1n) is 10.6. The second-order valence-corrected chi connectivity index (χ2v) is 10.2. The number of hydrogen-bond donors (Lipinski definition) is 1. The highest BCUT2D eigenvalue weighted by Gasteiger charge is 2.84. The van der Waals surface area contributed by atoms with Gasteiger partial charge in [0.1, 0.15) is 0 Å². The Hall–Kier alpha value is -0.340. The third kappa shape index (κ3) is 1.46. The van der Waals surface area contributed by atoms with E-state index in [1.165, 1.54) is 51.4 Å². The van der Waals surface area contributed by atoms with E-state index in [0.29, 0.717) is 16.4 Å². The molecule has 6 rings (SSSR count). The molecule has 2 spiro atoms. The van der Waals surface area contributed by atoms with Gasteiger partial charge in [0.25, 0.3) is 0 Å². The van der Waals surface area contributed by atoms with Crippen LogP contribution in [0.4, 0.5) is 0 Å². The normalized spacial score (nSPS) is 60.9. The molecular weight excluding hydrogens is 296 g/mol. The number of ether oxygens (including phenoxy) is 1. The molecule has 5 fully saturated rings. The van der Waals surface area contributed by atoms with E-state index in [-0.39, 0.29) is 6.10 Å². The van der Waals surface area contributed by atoms with Gasteiger partial charge in [0, 0.05) is 12.0 Å². The summed E-state index contributed by atoms with van der Waals surface area (Å²) in [4.78, 5) is 0. The van der Waals surface area contributed by atoms with Gasteiger partial charge in [0.05, 0.1) is 11.7 Å². The van der Waals surface area contributed by atoms with E-state index < -0.39 is 0 Å². The Morgan fingerprint density at radius 3 is 2.83 bits per heavy atom. The maximum atomic E-state index is 10.1. The number of aliphatic hydroxyl groups is 1. The van der Waals surface area contributed by atoms with Gasteiger partial charge in [0.2, 0.25) is 0 Å². The average Bonchev–Trinajstić information content (AvgIpc) is 3.02. The van der Waals surface area contributed by atoms with E-state index in [9.17, 15) is 5.11 Å². The van der Waals surface area contributed by atoms with E-state index in [2.05, 4.69) is 13.0 Å². The molecule has 0 bridgehead atoms. The number of fused-ring (bicyclic) bond motifs is 4. The SMILES string of the molecule is CC12CCC(O)CC1=CCC1C2CCC23C1CC[C@]21OCCCC31. The monoisotopic (exact) mass is 328 g/mol. The predicted octanol–water partition coefficient (Wildman–Crippen LogP) is 4.47. The van der Waals surface area contributed by atoms with Gasteiger partial charge in [-0.15, -0.1) is 0 Å². The van der Waals surface area contributed by atoms with Gasteiger partial charge in [-0.2, -0.15) is 0 Å². The lowest BCUT2D eigenvalue weighted by atomic mass is 9.49. The van der Waals surface area contributed by atoms with Gasteiger partial charge < -0.3 is 9.84 Å². The van der Waals surface area contributed by atoms with E-state index in [4.69, 9.17) is 4.74 Å². The maximum absolute atomic E-state index is 10.1. The molecule has 6 aliphatic rings. The van der Waals surface area contributed by atoms with Crippen molar-refractivity contribution >= 4 is 0 Å². The zero-order valence-corrected chi connectivity index (χ0v) is 15.1. The molecule has 7 unspecified atom stereocenters. The van der Waals surface area contributed by atoms with Crippen LogP contribution in [0.1, 0.15) is 71.1 Å². The smallest absolute Gasteiger partial charge is 0.0779 e. The molecule has 1 N–H and O–H groups in total. The summed E-state index contributed by atoms with van der Waals surface area (Å²) in [5.74, 6) is 3.61. The highest BCUT2D eigenvalue weighted by Crippen LogP contribution is 2.84. The van der Waals surface area contributed by atoms with Gasteiger partial charge in [-0.25, -0.2) is 0 Å². The molecular formula is C22H32O2.